The Hall–Kier alpha value is -4.17. The molecule has 1 unspecified atom stereocenters. The van der Waals surface area contributed by atoms with E-state index in [4.69, 9.17) is 10.5 Å². The van der Waals surface area contributed by atoms with Gasteiger partial charge in [-0.2, -0.15) is 4.98 Å². The molecule has 0 bridgehead atoms. The number of ether oxygens (including phenoxy) is 1. The van der Waals surface area contributed by atoms with Gasteiger partial charge in [-0.15, -0.1) is 21.5 Å². The lowest BCUT2D eigenvalue weighted by atomic mass is 10.1. The minimum atomic E-state index is -0.773. The number of carbonyl (C=O) groups excluding carboxylic acids is 3. The van der Waals surface area contributed by atoms with E-state index in [1.54, 1.807) is 35.4 Å². The number of morpholine rings is 1. The van der Waals surface area contributed by atoms with Crippen LogP contribution in [0.1, 0.15) is 48.4 Å². The summed E-state index contributed by atoms with van der Waals surface area (Å²) in [6.07, 6.45) is 3.29. The van der Waals surface area contributed by atoms with Crippen LogP contribution in [-0.4, -0.2) is 88.2 Å². The van der Waals surface area contributed by atoms with E-state index < -0.39 is 5.91 Å². The predicted octanol–water partition coefficient (Wildman–Crippen LogP) is 1.35. The number of rotatable bonds is 7. The van der Waals surface area contributed by atoms with Crippen LogP contribution in [0.15, 0.2) is 30.5 Å². The number of aryl methyl sites for hydroxylation is 1. The topological polar surface area (TPSA) is 169 Å². The summed E-state index contributed by atoms with van der Waals surface area (Å²) in [5.41, 5.74) is 6.58. The van der Waals surface area contributed by atoms with Gasteiger partial charge >= 0.3 is 0 Å². The Bertz CT molecular complexity index is 1360. The first-order valence-electron chi connectivity index (χ1n) is 12.6. The molecule has 2 fully saturated rings. The number of carbonyl (C=O) groups is 3. The smallest absolute Gasteiger partial charge is 0.280 e. The van der Waals surface area contributed by atoms with E-state index in [2.05, 4.69) is 30.8 Å². The molecule has 204 valence electrons. The summed E-state index contributed by atoms with van der Waals surface area (Å²) in [7, 11) is 0. The Morgan fingerprint density at radius 3 is 2.56 bits per heavy atom. The molecule has 14 heteroatoms. The fraction of sp³-hybridized carbons (Fsp3) is 0.400. The van der Waals surface area contributed by atoms with Gasteiger partial charge in [0.15, 0.2) is 16.5 Å². The maximum absolute atomic E-state index is 12.7. The van der Waals surface area contributed by atoms with Crippen LogP contribution < -0.4 is 21.3 Å². The van der Waals surface area contributed by atoms with Crippen molar-refractivity contribution in [1.29, 1.82) is 0 Å². The Labute approximate surface area is 228 Å². The molecule has 0 saturated carbocycles. The maximum atomic E-state index is 12.7. The number of nitrogens with zero attached hydrogens (tertiary/aromatic N) is 6. The van der Waals surface area contributed by atoms with Gasteiger partial charge in [0.1, 0.15) is 0 Å². The maximum Gasteiger partial charge on any atom is 0.280 e. The van der Waals surface area contributed by atoms with Crippen LogP contribution in [-0.2, 0) is 4.74 Å². The zero-order valence-electron chi connectivity index (χ0n) is 21.4. The van der Waals surface area contributed by atoms with E-state index >= 15 is 0 Å². The highest BCUT2D eigenvalue weighted by Gasteiger charge is 2.26. The zero-order valence-corrected chi connectivity index (χ0v) is 22.2. The highest BCUT2D eigenvalue weighted by atomic mass is 32.1. The monoisotopic (exact) mass is 551 g/mol. The van der Waals surface area contributed by atoms with Gasteiger partial charge in [-0.25, -0.2) is 4.98 Å². The summed E-state index contributed by atoms with van der Waals surface area (Å²) >= 11 is 1.35. The number of benzene rings is 1. The summed E-state index contributed by atoms with van der Waals surface area (Å²) in [5, 5.41) is 14.7. The van der Waals surface area contributed by atoms with Crippen molar-refractivity contribution in [3.05, 3.63) is 51.6 Å². The van der Waals surface area contributed by atoms with Gasteiger partial charge < -0.3 is 30.9 Å². The predicted molar refractivity (Wildman–Crippen MR) is 144 cm³/mol. The molecule has 3 amide bonds. The van der Waals surface area contributed by atoms with Crippen molar-refractivity contribution < 1.29 is 19.1 Å². The second kappa shape index (κ2) is 11.7. The fourth-order valence-corrected chi connectivity index (χ4v) is 5.14. The quantitative estimate of drug-likeness (QED) is 0.390. The van der Waals surface area contributed by atoms with Crippen molar-refractivity contribution >= 4 is 46.5 Å². The molecule has 2 aliphatic rings. The third-order valence-corrected chi connectivity index (χ3v) is 7.37. The fourth-order valence-electron chi connectivity index (χ4n) is 4.47. The summed E-state index contributed by atoms with van der Waals surface area (Å²) < 4.78 is 5.31. The van der Waals surface area contributed by atoms with Crippen LogP contribution in [0.3, 0.4) is 0 Å². The minimum Gasteiger partial charge on any atom is -0.378 e. The van der Waals surface area contributed by atoms with Crippen LogP contribution >= 0.6 is 11.3 Å². The van der Waals surface area contributed by atoms with Crippen LogP contribution in [0.2, 0.25) is 0 Å². The van der Waals surface area contributed by atoms with E-state index in [1.165, 1.54) is 11.3 Å². The van der Waals surface area contributed by atoms with Crippen molar-refractivity contribution in [2.24, 2.45) is 5.73 Å². The number of amides is 3. The molecule has 2 saturated heterocycles. The highest BCUT2D eigenvalue weighted by molar-refractivity contribution is 7.13. The lowest BCUT2D eigenvalue weighted by molar-refractivity contribution is 0.0303. The average Bonchev–Trinajstić information content (AvgIpc) is 3.40. The van der Waals surface area contributed by atoms with Gasteiger partial charge in [-0.1, -0.05) is 0 Å². The molecule has 0 spiro atoms. The molecule has 0 aliphatic carbocycles. The Balaban J connectivity index is 1.28. The molecule has 3 aromatic rings. The van der Waals surface area contributed by atoms with Gasteiger partial charge in [-0.05, 0) is 44.0 Å². The van der Waals surface area contributed by atoms with Crippen LogP contribution in [0.5, 0.6) is 0 Å². The number of primary amides is 1. The van der Waals surface area contributed by atoms with Gasteiger partial charge in [-0.3, -0.25) is 14.4 Å². The molecule has 1 atom stereocenters. The number of hydrogen-bond acceptors (Lipinski definition) is 11. The first kappa shape index (κ1) is 26.4. The number of thiazole rings is 1. The number of nitrogens with one attached hydrogen (secondary N) is 2. The number of aromatic nitrogens is 4. The Kier molecular flexibility index (Phi) is 7.93. The van der Waals surface area contributed by atoms with Crippen LogP contribution in [0.4, 0.5) is 17.5 Å². The Morgan fingerprint density at radius 1 is 1.10 bits per heavy atom. The first-order valence-corrected chi connectivity index (χ1v) is 13.5. The summed E-state index contributed by atoms with van der Waals surface area (Å²) in [4.78, 5) is 50.7. The minimum absolute atomic E-state index is 0.0644. The standard InChI is InChI=1S/C25H29N9O4S/c1-15-13-27-23(39-15)22(36)29-18-3-2-8-34(14-18)25-30-21(19(20(26)35)31-32-25)28-17-6-4-16(5-7-17)24(37)33-9-11-38-12-10-33/h4-7,13,18H,2-3,8-12,14H2,1H3,(H2,26,35)(H,29,36)(H,28,30,32). The molecule has 2 aromatic heterocycles. The lowest BCUT2D eigenvalue weighted by Crippen LogP contribution is -2.48. The number of hydrogen-bond donors (Lipinski definition) is 3. The average molecular weight is 552 g/mol. The molecule has 4 N–H and O–H groups in total. The van der Waals surface area contributed by atoms with Crippen molar-refractivity contribution in [2.45, 2.75) is 25.8 Å². The molecular formula is C25H29N9O4S. The summed E-state index contributed by atoms with van der Waals surface area (Å²) in [6.45, 7) is 5.22. The normalized spacial score (nSPS) is 17.5. The van der Waals surface area contributed by atoms with Gasteiger partial charge in [0.05, 0.1) is 13.2 Å². The largest absolute Gasteiger partial charge is 0.378 e. The van der Waals surface area contributed by atoms with Crippen LogP contribution in [0, 0.1) is 6.92 Å². The third kappa shape index (κ3) is 6.29. The third-order valence-electron chi connectivity index (χ3n) is 6.46. The van der Waals surface area contributed by atoms with E-state index in [9.17, 15) is 14.4 Å². The first-order chi connectivity index (χ1) is 18.9. The van der Waals surface area contributed by atoms with Gasteiger partial charge in [0.2, 0.25) is 5.95 Å². The van der Waals surface area contributed by atoms with Gasteiger partial charge in [0, 0.05) is 54.5 Å². The highest BCUT2D eigenvalue weighted by Crippen LogP contribution is 2.23. The van der Waals surface area contributed by atoms with E-state index in [-0.39, 0.29) is 29.4 Å². The van der Waals surface area contributed by atoms with Crippen LogP contribution in [0.25, 0.3) is 0 Å². The molecule has 39 heavy (non-hydrogen) atoms. The van der Waals surface area contributed by atoms with Crippen molar-refractivity contribution in [1.82, 2.24) is 30.4 Å². The lowest BCUT2D eigenvalue weighted by Gasteiger charge is -2.32. The van der Waals surface area contributed by atoms with Crippen molar-refractivity contribution in [2.75, 3.05) is 49.6 Å². The number of nitrogens with two attached hydrogens (primary N) is 1. The summed E-state index contributed by atoms with van der Waals surface area (Å²) in [6, 6.07) is 6.76. The molecule has 4 heterocycles. The van der Waals surface area contributed by atoms with Gasteiger partial charge in [0.25, 0.3) is 17.7 Å². The molecule has 0 radical (unpaired) electrons. The molecule has 13 nitrogen and oxygen atoms in total. The van der Waals surface area contributed by atoms with E-state index in [1.807, 2.05) is 11.8 Å². The van der Waals surface area contributed by atoms with E-state index in [0.29, 0.717) is 61.6 Å². The molecule has 2 aliphatic heterocycles. The molecule has 1 aromatic carbocycles. The Morgan fingerprint density at radius 2 is 1.87 bits per heavy atom. The number of anilines is 3. The number of piperidine rings is 1. The van der Waals surface area contributed by atoms with Crippen molar-refractivity contribution in [3.8, 4) is 0 Å². The SMILES string of the molecule is Cc1cnc(C(=O)NC2CCCN(c3nnc(C(N)=O)c(Nc4ccc(C(=O)N5CCOCC5)cc4)n3)C2)s1. The summed E-state index contributed by atoms with van der Waals surface area (Å²) in [5.74, 6) is -0.577. The molecular weight excluding hydrogens is 522 g/mol. The van der Waals surface area contributed by atoms with E-state index in [0.717, 1.165) is 17.7 Å². The zero-order chi connectivity index (χ0) is 27.4. The van der Waals surface area contributed by atoms with Crippen molar-refractivity contribution in [3.63, 3.8) is 0 Å². The molecule has 5 rings (SSSR count). The second-order valence-electron chi connectivity index (χ2n) is 9.31. The second-order valence-corrected chi connectivity index (χ2v) is 10.5.